The van der Waals surface area contributed by atoms with Gasteiger partial charge in [0.2, 0.25) is 0 Å². The van der Waals surface area contributed by atoms with Crippen LogP contribution in [0.5, 0.6) is 5.75 Å². The third-order valence-corrected chi connectivity index (χ3v) is 2.97. The van der Waals surface area contributed by atoms with Crippen molar-refractivity contribution in [2.24, 2.45) is 0 Å². The maximum atomic E-state index is 11.5. The summed E-state index contributed by atoms with van der Waals surface area (Å²) in [5.41, 5.74) is -0.343. The number of hydrogen-bond acceptors (Lipinski definition) is 3. The molecular formula is C13H18BrNO3. The van der Waals surface area contributed by atoms with Gasteiger partial charge in [-0.1, -0.05) is 15.9 Å². The predicted octanol–water partition coefficient (Wildman–Crippen LogP) is 1.89. The average molecular weight is 316 g/mol. The van der Waals surface area contributed by atoms with Gasteiger partial charge in [-0.15, -0.1) is 0 Å². The van der Waals surface area contributed by atoms with Crippen molar-refractivity contribution in [2.45, 2.75) is 25.9 Å². The van der Waals surface area contributed by atoms with E-state index in [0.717, 1.165) is 15.8 Å². The van der Waals surface area contributed by atoms with E-state index in [2.05, 4.69) is 21.2 Å². The number of methoxy groups -OCH3 is 1. The molecule has 0 aliphatic carbocycles. The Labute approximate surface area is 115 Å². The van der Waals surface area contributed by atoms with Crippen LogP contribution in [-0.2, 0) is 11.2 Å². The Morgan fingerprint density at radius 1 is 1.50 bits per heavy atom. The molecule has 100 valence electrons. The van der Waals surface area contributed by atoms with E-state index >= 15 is 0 Å². The topological polar surface area (TPSA) is 58.6 Å². The molecule has 0 bridgehead atoms. The van der Waals surface area contributed by atoms with Crippen LogP contribution >= 0.6 is 15.9 Å². The fourth-order valence-electron chi connectivity index (χ4n) is 1.47. The molecule has 0 atom stereocenters. The van der Waals surface area contributed by atoms with Gasteiger partial charge in [0.25, 0.3) is 5.91 Å². The van der Waals surface area contributed by atoms with Gasteiger partial charge in [-0.3, -0.25) is 4.79 Å². The first-order chi connectivity index (χ1) is 8.34. The van der Waals surface area contributed by atoms with Gasteiger partial charge >= 0.3 is 0 Å². The lowest BCUT2D eigenvalue weighted by atomic mass is 10.1. The second-order valence-electron chi connectivity index (χ2n) is 4.52. The van der Waals surface area contributed by atoms with Crippen molar-refractivity contribution in [1.29, 1.82) is 0 Å². The molecule has 0 aromatic heterocycles. The minimum absolute atomic E-state index is 0.378. The van der Waals surface area contributed by atoms with Gasteiger partial charge in [0, 0.05) is 11.0 Å². The van der Waals surface area contributed by atoms with Gasteiger partial charge in [0.05, 0.1) is 7.11 Å². The van der Waals surface area contributed by atoms with Crippen LogP contribution in [0.3, 0.4) is 0 Å². The summed E-state index contributed by atoms with van der Waals surface area (Å²) in [6, 6.07) is 5.73. The molecule has 0 aliphatic rings. The van der Waals surface area contributed by atoms with Crippen molar-refractivity contribution in [2.75, 3.05) is 13.7 Å². The SMILES string of the molecule is COc1ccc(Br)cc1CCNC(=O)C(C)(C)O. The second-order valence-corrected chi connectivity index (χ2v) is 5.44. The number of ether oxygens (including phenoxy) is 1. The summed E-state index contributed by atoms with van der Waals surface area (Å²) in [6.45, 7) is 3.37. The Bertz CT molecular complexity index is 427. The lowest BCUT2D eigenvalue weighted by molar-refractivity contribution is -0.136. The second kappa shape index (κ2) is 6.20. The van der Waals surface area contributed by atoms with Crippen LogP contribution in [0.2, 0.25) is 0 Å². The highest BCUT2D eigenvalue weighted by atomic mass is 79.9. The van der Waals surface area contributed by atoms with E-state index in [1.165, 1.54) is 13.8 Å². The van der Waals surface area contributed by atoms with Crippen molar-refractivity contribution >= 4 is 21.8 Å². The summed E-state index contributed by atoms with van der Waals surface area (Å²) < 4.78 is 6.21. The average Bonchev–Trinajstić information content (AvgIpc) is 2.28. The number of benzene rings is 1. The highest BCUT2D eigenvalue weighted by Gasteiger charge is 2.22. The molecule has 1 aromatic rings. The molecule has 0 fully saturated rings. The molecule has 18 heavy (non-hydrogen) atoms. The number of rotatable bonds is 5. The van der Waals surface area contributed by atoms with Crippen molar-refractivity contribution in [1.82, 2.24) is 5.32 Å². The van der Waals surface area contributed by atoms with E-state index in [1.807, 2.05) is 18.2 Å². The number of aliphatic hydroxyl groups is 1. The van der Waals surface area contributed by atoms with Gasteiger partial charge in [0.1, 0.15) is 11.4 Å². The highest BCUT2D eigenvalue weighted by molar-refractivity contribution is 9.10. The number of carbonyl (C=O) groups is 1. The van der Waals surface area contributed by atoms with Crippen molar-refractivity contribution < 1.29 is 14.6 Å². The zero-order valence-corrected chi connectivity index (χ0v) is 12.4. The molecule has 0 aliphatic heterocycles. The normalized spacial score (nSPS) is 11.2. The van der Waals surface area contributed by atoms with E-state index in [4.69, 9.17) is 4.74 Å². The Hall–Kier alpha value is -1.07. The summed E-state index contributed by atoms with van der Waals surface area (Å²) in [5.74, 6) is 0.409. The highest BCUT2D eigenvalue weighted by Crippen LogP contribution is 2.23. The van der Waals surface area contributed by atoms with E-state index < -0.39 is 5.60 Å². The molecule has 1 amide bonds. The molecule has 4 nitrogen and oxygen atoms in total. The molecule has 0 unspecified atom stereocenters. The summed E-state index contributed by atoms with van der Waals surface area (Å²) in [6.07, 6.45) is 0.643. The number of amides is 1. The maximum absolute atomic E-state index is 11.5. The van der Waals surface area contributed by atoms with Crippen LogP contribution < -0.4 is 10.1 Å². The van der Waals surface area contributed by atoms with Crippen LogP contribution in [0.1, 0.15) is 19.4 Å². The number of carbonyl (C=O) groups excluding carboxylic acids is 1. The number of halogens is 1. The van der Waals surface area contributed by atoms with Crippen LogP contribution in [0.4, 0.5) is 0 Å². The standard InChI is InChI=1S/C13H18BrNO3/c1-13(2,17)12(16)15-7-6-9-8-10(14)4-5-11(9)18-3/h4-5,8,17H,6-7H2,1-3H3,(H,15,16). The fraction of sp³-hybridized carbons (Fsp3) is 0.462. The summed E-state index contributed by atoms with van der Waals surface area (Å²) in [7, 11) is 1.61. The van der Waals surface area contributed by atoms with Crippen LogP contribution in [0, 0.1) is 0 Å². The first kappa shape index (κ1) is 15.0. The Morgan fingerprint density at radius 2 is 2.17 bits per heavy atom. The summed E-state index contributed by atoms with van der Waals surface area (Å²) >= 11 is 3.40. The molecule has 0 radical (unpaired) electrons. The van der Waals surface area contributed by atoms with Gasteiger partial charge in [-0.25, -0.2) is 0 Å². The molecule has 0 spiro atoms. The number of hydrogen-bond donors (Lipinski definition) is 2. The smallest absolute Gasteiger partial charge is 0.251 e. The molecule has 2 N–H and O–H groups in total. The van der Waals surface area contributed by atoms with Gasteiger partial charge < -0.3 is 15.2 Å². The summed E-state index contributed by atoms with van der Waals surface area (Å²) in [5, 5.41) is 12.2. The first-order valence-corrected chi connectivity index (χ1v) is 6.47. The van der Waals surface area contributed by atoms with E-state index in [0.29, 0.717) is 13.0 Å². The Morgan fingerprint density at radius 3 is 2.72 bits per heavy atom. The number of nitrogens with one attached hydrogen (secondary N) is 1. The third kappa shape index (κ3) is 4.31. The Balaban J connectivity index is 2.59. The lowest BCUT2D eigenvalue weighted by Gasteiger charge is -2.17. The molecule has 5 heteroatoms. The largest absolute Gasteiger partial charge is 0.496 e. The fourth-order valence-corrected chi connectivity index (χ4v) is 1.88. The maximum Gasteiger partial charge on any atom is 0.251 e. The lowest BCUT2D eigenvalue weighted by Crippen LogP contribution is -2.42. The third-order valence-electron chi connectivity index (χ3n) is 2.48. The van der Waals surface area contributed by atoms with Crippen molar-refractivity contribution in [3.8, 4) is 5.75 Å². The molecular weight excluding hydrogens is 298 g/mol. The molecule has 1 aromatic carbocycles. The molecule has 0 saturated heterocycles. The van der Waals surface area contributed by atoms with E-state index in [1.54, 1.807) is 7.11 Å². The van der Waals surface area contributed by atoms with Gasteiger partial charge in [-0.05, 0) is 44.0 Å². The van der Waals surface area contributed by atoms with E-state index in [-0.39, 0.29) is 5.91 Å². The van der Waals surface area contributed by atoms with Crippen LogP contribution in [0.25, 0.3) is 0 Å². The zero-order chi connectivity index (χ0) is 13.8. The van der Waals surface area contributed by atoms with E-state index in [9.17, 15) is 9.90 Å². The van der Waals surface area contributed by atoms with Crippen LogP contribution in [-0.4, -0.2) is 30.3 Å². The summed E-state index contributed by atoms with van der Waals surface area (Å²) in [4.78, 5) is 11.5. The molecule has 0 saturated carbocycles. The predicted molar refractivity (Wildman–Crippen MR) is 73.7 cm³/mol. The van der Waals surface area contributed by atoms with Crippen molar-refractivity contribution in [3.05, 3.63) is 28.2 Å². The first-order valence-electron chi connectivity index (χ1n) is 5.67. The molecule has 1 rings (SSSR count). The molecule has 0 heterocycles. The van der Waals surface area contributed by atoms with Gasteiger partial charge in [0.15, 0.2) is 0 Å². The van der Waals surface area contributed by atoms with Crippen LogP contribution in [0.15, 0.2) is 22.7 Å². The minimum Gasteiger partial charge on any atom is -0.496 e. The van der Waals surface area contributed by atoms with Gasteiger partial charge in [-0.2, -0.15) is 0 Å². The quantitative estimate of drug-likeness (QED) is 0.872. The van der Waals surface area contributed by atoms with Crippen molar-refractivity contribution in [3.63, 3.8) is 0 Å². The minimum atomic E-state index is -1.35. The Kier molecular flexibility index (Phi) is 5.16. The monoisotopic (exact) mass is 315 g/mol. The zero-order valence-electron chi connectivity index (χ0n) is 10.8.